The minimum Gasteiger partial charge on any atom is -0.465 e. The Morgan fingerprint density at radius 1 is 0.881 bits per heavy atom. The van der Waals surface area contributed by atoms with Crippen LogP contribution >= 0.6 is 71.5 Å². The fourth-order valence-corrected chi connectivity index (χ4v) is 10.0. The van der Waals surface area contributed by atoms with Gasteiger partial charge in [0.15, 0.2) is 0 Å². The standard InChI is InChI=1S/C29H47NO6S6/c1-9-11-17-39-26(37)41-21-20(28(5,6)24(33)35-15-13-19(3)4)22(31)30(23(21)32)14-16-36-25(34)29(7,8)42-27(38)40-18-12-10-2/h19-21H,9-18H2,1-8H3. The first-order chi connectivity index (χ1) is 19.6. The second kappa shape index (κ2) is 19.2. The third-order valence-corrected chi connectivity index (χ3v) is 12.3. The molecule has 0 aromatic rings. The Hall–Kier alpha value is -0.340. The molecule has 0 spiro atoms. The average Bonchev–Trinajstić information content (AvgIpc) is 3.12. The Balaban J connectivity index is 3.00. The lowest BCUT2D eigenvalue weighted by Gasteiger charge is -2.30. The Bertz CT molecular complexity index is 970. The maximum Gasteiger partial charge on any atom is 0.322 e. The lowest BCUT2D eigenvalue weighted by Crippen LogP contribution is -2.43. The topological polar surface area (TPSA) is 90.0 Å². The number of thioether (sulfide) groups is 4. The molecule has 1 fully saturated rings. The lowest BCUT2D eigenvalue weighted by atomic mass is 9.77. The number of ether oxygens (including phenoxy) is 2. The van der Waals surface area contributed by atoms with Gasteiger partial charge in [0.2, 0.25) is 11.8 Å². The molecule has 0 aromatic carbocycles. The first-order valence-electron chi connectivity index (χ1n) is 14.5. The van der Waals surface area contributed by atoms with E-state index in [1.54, 1.807) is 39.5 Å². The molecular formula is C29H47NO6S6. The van der Waals surface area contributed by atoms with Crippen molar-refractivity contribution in [3.05, 3.63) is 0 Å². The van der Waals surface area contributed by atoms with Crippen LogP contribution in [0, 0.1) is 17.3 Å². The van der Waals surface area contributed by atoms with E-state index in [0.717, 1.165) is 53.9 Å². The van der Waals surface area contributed by atoms with Gasteiger partial charge in [-0.15, -0.1) is 23.5 Å². The number of carbonyl (C=O) groups excluding carboxylic acids is 4. The minimum atomic E-state index is -1.26. The predicted molar refractivity (Wildman–Crippen MR) is 188 cm³/mol. The van der Waals surface area contributed by atoms with E-state index >= 15 is 0 Å². The van der Waals surface area contributed by atoms with Crippen molar-refractivity contribution in [1.82, 2.24) is 4.90 Å². The first-order valence-corrected chi connectivity index (χ1v) is 19.0. The molecule has 0 N–H and O–H groups in total. The Morgan fingerprint density at radius 3 is 1.98 bits per heavy atom. The molecule has 2 amide bonds. The number of unbranched alkanes of at least 4 members (excludes halogenated alkanes) is 2. The number of amides is 2. The summed E-state index contributed by atoms with van der Waals surface area (Å²) in [6.07, 6.45) is 4.81. The molecule has 0 aromatic heterocycles. The van der Waals surface area contributed by atoms with Crippen LogP contribution in [0.4, 0.5) is 0 Å². The van der Waals surface area contributed by atoms with Crippen LogP contribution in [-0.2, 0) is 28.7 Å². The maximum absolute atomic E-state index is 13.7. The summed E-state index contributed by atoms with van der Waals surface area (Å²) in [4.78, 5) is 54.5. The van der Waals surface area contributed by atoms with Crippen LogP contribution in [0.2, 0.25) is 0 Å². The number of esters is 2. The predicted octanol–water partition coefficient (Wildman–Crippen LogP) is 7.38. The second-order valence-electron chi connectivity index (χ2n) is 11.5. The first kappa shape index (κ1) is 39.7. The lowest BCUT2D eigenvalue weighted by molar-refractivity contribution is -0.160. The maximum atomic E-state index is 13.7. The van der Waals surface area contributed by atoms with E-state index < -0.39 is 45.1 Å². The molecule has 7 nitrogen and oxygen atoms in total. The minimum absolute atomic E-state index is 0.109. The van der Waals surface area contributed by atoms with Crippen LogP contribution in [0.15, 0.2) is 0 Å². The van der Waals surface area contributed by atoms with Crippen molar-refractivity contribution in [3.63, 3.8) is 0 Å². The highest BCUT2D eigenvalue weighted by molar-refractivity contribution is 8.48. The fourth-order valence-electron chi connectivity index (χ4n) is 3.85. The zero-order chi connectivity index (χ0) is 32.1. The van der Waals surface area contributed by atoms with Crippen LogP contribution in [0.5, 0.6) is 0 Å². The number of likely N-dealkylation sites (tertiary alicyclic amines) is 1. The Morgan fingerprint density at radius 2 is 1.43 bits per heavy atom. The molecule has 0 saturated carbocycles. The monoisotopic (exact) mass is 697 g/mol. The van der Waals surface area contributed by atoms with Crippen molar-refractivity contribution in [2.24, 2.45) is 17.3 Å². The highest BCUT2D eigenvalue weighted by atomic mass is 32.2. The Kier molecular flexibility index (Phi) is 18.2. The molecule has 1 saturated heterocycles. The molecule has 0 radical (unpaired) electrons. The van der Waals surface area contributed by atoms with E-state index in [0.29, 0.717) is 19.4 Å². The van der Waals surface area contributed by atoms with E-state index in [1.807, 2.05) is 13.8 Å². The highest BCUT2D eigenvalue weighted by Crippen LogP contribution is 2.44. The molecule has 0 bridgehead atoms. The summed E-state index contributed by atoms with van der Waals surface area (Å²) in [5.41, 5.74) is -1.26. The van der Waals surface area contributed by atoms with Crippen LogP contribution in [0.3, 0.4) is 0 Å². The van der Waals surface area contributed by atoms with Crippen molar-refractivity contribution in [3.8, 4) is 0 Å². The molecule has 240 valence electrons. The molecule has 0 aliphatic carbocycles. The van der Waals surface area contributed by atoms with Crippen LogP contribution in [-0.4, -0.2) is 77.0 Å². The summed E-state index contributed by atoms with van der Waals surface area (Å²) in [7, 11) is 0. The quantitative estimate of drug-likeness (QED) is 0.0658. The number of rotatable bonds is 17. The van der Waals surface area contributed by atoms with E-state index in [-0.39, 0.29) is 19.8 Å². The van der Waals surface area contributed by atoms with Crippen molar-refractivity contribution in [2.45, 2.75) is 97.5 Å². The van der Waals surface area contributed by atoms with Gasteiger partial charge in [0.05, 0.1) is 24.5 Å². The van der Waals surface area contributed by atoms with Gasteiger partial charge in [0.1, 0.15) is 23.7 Å². The SMILES string of the molecule is CCCCSC(=S)SC1C(=O)N(CCOC(=O)C(C)(C)SC(=S)SCCCC)C(=O)C1C(C)(C)C(=O)OCCC(C)C. The molecule has 1 heterocycles. The number of imide groups is 1. The second-order valence-corrected chi connectivity index (χ2v) is 18.9. The van der Waals surface area contributed by atoms with E-state index in [9.17, 15) is 19.2 Å². The third kappa shape index (κ3) is 12.6. The van der Waals surface area contributed by atoms with Crippen LogP contribution < -0.4 is 0 Å². The Labute approximate surface area is 280 Å². The molecular weight excluding hydrogens is 651 g/mol. The number of hydrogen-bond acceptors (Lipinski definition) is 12. The van der Waals surface area contributed by atoms with Gasteiger partial charge >= 0.3 is 11.9 Å². The van der Waals surface area contributed by atoms with Crippen LogP contribution in [0.1, 0.15) is 87.5 Å². The zero-order valence-electron chi connectivity index (χ0n) is 26.1. The van der Waals surface area contributed by atoms with Crippen molar-refractivity contribution in [1.29, 1.82) is 0 Å². The molecule has 2 atom stereocenters. The summed E-state index contributed by atoms with van der Waals surface area (Å²) in [6, 6.07) is 0. The smallest absolute Gasteiger partial charge is 0.322 e. The summed E-state index contributed by atoms with van der Waals surface area (Å²) < 4.78 is 11.4. The van der Waals surface area contributed by atoms with E-state index in [1.165, 1.54) is 23.5 Å². The number of carbonyl (C=O) groups is 4. The normalized spacial score (nSPS) is 17.6. The average molecular weight is 698 g/mol. The van der Waals surface area contributed by atoms with Gasteiger partial charge in [-0.2, -0.15) is 0 Å². The van der Waals surface area contributed by atoms with Gasteiger partial charge in [-0.1, -0.05) is 88.5 Å². The molecule has 13 heteroatoms. The van der Waals surface area contributed by atoms with Gasteiger partial charge in [0.25, 0.3) is 0 Å². The molecule has 2 unspecified atom stereocenters. The van der Waals surface area contributed by atoms with Gasteiger partial charge in [-0.25, -0.2) is 0 Å². The number of hydrogen-bond donors (Lipinski definition) is 0. The van der Waals surface area contributed by atoms with Gasteiger partial charge in [0, 0.05) is 0 Å². The molecule has 42 heavy (non-hydrogen) atoms. The van der Waals surface area contributed by atoms with Crippen molar-refractivity contribution < 1.29 is 28.7 Å². The summed E-state index contributed by atoms with van der Waals surface area (Å²) >= 11 is 16.4. The van der Waals surface area contributed by atoms with Crippen molar-refractivity contribution >= 4 is 102 Å². The third-order valence-electron chi connectivity index (χ3n) is 6.61. The highest BCUT2D eigenvalue weighted by Gasteiger charge is 2.57. The summed E-state index contributed by atoms with van der Waals surface area (Å²) in [5.74, 6) is -0.817. The largest absolute Gasteiger partial charge is 0.465 e. The van der Waals surface area contributed by atoms with Gasteiger partial charge < -0.3 is 9.47 Å². The number of thiocarbonyl (C=S) groups is 2. The van der Waals surface area contributed by atoms with E-state index in [4.69, 9.17) is 33.9 Å². The van der Waals surface area contributed by atoms with Gasteiger partial charge in [-0.3, -0.25) is 24.1 Å². The molecule has 1 aliphatic heterocycles. The van der Waals surface area contributed by atoms with E-state index in [2.05, 4.69) is 13.8 Å². The zero-order valence-corrected chi connectivity index (χ0v) is 31.0. The fraction of sp³-hybridized carbons (Fsp3) is 0.793. The summed E-state index contributed by atoms with van der Waals surface area (Å²) in [5, 5.41) is -0.869. The molecule has 1 rings (SSSR count). The summed E-state index contributed by atoms with van der Waals surface area (Å²) in [6.45, 7) is 15.0. The van der Waals surface area contributed by atoms with Gasteiger partial charge in [-0.05, 0) is 64.4 Å². The number of nitrogens with zero attached hydrogens (tertiary/aromatic N) is 1. The molecule has 1 aliphatic rings. The van der Waals surface area contributed by atoms with Crippen LogP contribution in [0.25, 0.3) is 0 Å². The van der Waals surface area contributed by atoms with Crippen molar-refractivity contribution in [2.75, 3.05) is 31.3 Å².